The van der Waals surface area contributed by atoms with E-state index in [0.717, 1.165) is 6.08 Å². The maximum absolute atomic E-state index is 11.7. The summed E-state index contributed by atoms with van der Waals surface area (Å²) < 4.78 is 14.9. The van der Waals surface area contributed by atoms with Crippen LogP contribution in [0, 0.1) is 0 Å². The number of nitrogens with two attached hydrogens (primary N) is 1. The molecular formula is C14H22N2O7. The Labute approximate surface area is 134 Å². The zero-order valence-corrected chi connectivity index (χ0v) is 13.2. The van der Waals surface area contributed by atoms with Gasteiger partial charge in [-0.05, 0) is 26.7 Å². The number of esters is 2. The van der Waals surface area contributed by atoms with Gasteiger partial charge in [0.05, 0.1) is 32.5 Å². The van der Waals surface area contributed by atoms with E-state index >= 15 is 0 Å². The largest absolute Gasteiger partial charge is 0.463 e. The molecule has 0 aliphatic heterocycles. The van der Waals surface area contributed by atoms with Crippen molar-refractivity contribution in [2.24, 2.45) is 10.9 Å². The van der Waals surface area contributed by atoms with Gasteiger partial charge < -0.3 is 29.9 Å². The minimum Gasteiger partial charge on any atom is -0.463 e. The van der Waals surface area contributed by atoms with Crippen molar-refractivity contribution in [3.63, 3.8) is 0 Å². The third-order valence-electron chi connectivity index (χ3n) is 2.90. The van der Waals surface area contributed by atoms with Gasteiger partial charge in [-0.3, -0.25) is 0 Å². The molecule has 1 rings (SSSR count). The third-order valence-corrected chi connectivity index (χ3v) is 2.90. The molecule has 0 atom stereocenters. The summed E-state index contributed by atoms with van der Waals surface area (Å²) in [6.45, 7) is 3.45. The maximum Gasteiger partial charge on any atom is 0.377 e. The van der Waals surface area contributed by atoms with Gasteiger partial charge in [-0.15, -0.1) is 0 Å². The summed E-state index contributed by atoms with van der Waals surface area (Å²) in [5.74, 6) is -2.04. The smallest absolute Gasteiger partial charge is 0.377 e. The highest BCUT2D eigenvalue weighted by molar-refractivity contribution is 5.95. The molecule has 0 aromatic rings. The van der Waals surface area contributed by atoms with Crippen molar-refractivity contribution in [1.82, 2.24) is 0 Å². The Kier molecular flexibility index (Phi) is 7.49. The Morgan fingerprint density at radius 3 is 2.43 bits per heavy atom. The first-order valence-electron chi connectivity index (χ1n) is 7.30. The number of rotatable bonds is 10. The molecule has 9 nitrogen and oxygen atoms in total. The summed E-state index contributed by atoms with van der Waals surface area (Å²) in [5.41, 5.74) is 5.00. The van der Waals surface area contributed by atoms with Crippen molar-refractivity contribution in [2.75, 3.05) is 26.4 Å². The zero-order valence-electron chi connectivity index (χ0n) is 13.2. The van der Waals surface area contributed by atoms with Crippen LogP contribution in [-0.4, -0.2) is 54.9 Å². The predicted octanol–water partition coefficient (Wildman–Crippen LogP) is -0.173. The summed E-state index contributed by atoms with van der Waals surface area (Å²) in [6.07, 6.45) is 2.09. The van der Waals surface area contributed by atoms with Crippen LogP contribution in [-0.2, 0) is 28.6 Å². The highest BCUT2D eigenvalue weighted by atomic mass is 16.7. The van der Waals surface area contributed by atoms with E-state index in [0.29, 0.717) is 12.8 Å². The van der Waals surface area contributed by atoms with Crippen LogP contribution in [0.2, 0.25) is 0 Å². The SMILES string of the molecule is CCOC(=O)/C=C(/O/N=C(\N)C1(OCCO)CC1)C(=O)OCC. The van der Waals surface area contributed by atoms with Crippen LogP contribution in [0.1, 0.15) is 26.7 Å². The topological polar surface area (TPSA) is 130 Å². The van der Waals surface area contributed by atoms with Gasteiger partial charge in [0.2, 0.25) is 5.76 Å². The minimum absolute atomic E-state index is 0.0185. The quantitative estimate of drug-likeness (QED) is 0.141. The Morgan fingerprint density at radius 2 is 1.91 bits per heavy atom. The molecule has 1 aliphatic carbocycles. The summed E-state index contributed by atoms with van der Waals surface area (Å²) in [7, 11) is 0. The van der Waals surface area contributed by atoms with Gasteiger partial charge in [0.1, 0.15) is 5.60 Å². The fourth-order valence-corrected chi connectivity index (χ4v) is 1.63. The Balaban J connectivity index is 2.78. The fraction of sp³-hybridized carbons (Fsp3) is 0.643. The van der Waals surface area contributed by atoms with Gasteiger partial charge in [-0.25, -0.2) is 9.59 Å². The molecule has 0 saturated heterocycles. The van der Waals surface area contributed by atoms with E-state index < -0.39 is 23.3 Å². The van der Waals surface area contributed by atoms with E-state index in [1.807, 2.05) is 0 Å². The Hall–Kier alpha value is -2.13. The van der Waals surface area contributed by atoms with Crippen LogP contribution in [0.5, 0.6) is 0 Å². The molecule has 0 bridgehead atoms. The molecule has 3 N–H and O–H groups in total. The zero-order chi connectivity index (χ0) is 17.3. The van der Waals surface area contributed by atoms with E-state index in [9.17, 15) is 9.59 Å². The van der Waals surface area contributed by atoms with E-state index in [1.165, 1.54) is 0 Å². The lowest BCUT2D eigenvalue weighted by molar-refractivity contribution is -0.144. The third kappa shape index (κ3) is 5.87. The first-order chi connectivity index (χ1) is 11.0. The number of aliphatic hydroxyl groups excluding tert-OH is 1. The molecule has 0 heterocycles. The van der Waals surface area contributed by atoms with Gasteiger partial charge in [-0.1, -0.05) is 5.16 Å². The first kappa shape index (κ1) is 18.9. The van der Waals surface area contributed by atoms with Crippen molar-refractivity contribution in [1.29, 1.82) is 0 Å². The van der Waals surface area contributed by atoms with Crippen LogP contribution >= 0.6 is 0 Å². The van der Waals surface area contributed by atoms with Crippen molar-refractivity contribution in [3.8, 4) is 0 Å². The lowest BCUT2D eigenvalue weighted by atomic mass is 10.3. The molecule has 0 unspecified atom stereocenters. The molecule has 0 radical (unpaired) electrons. The summed E-state index contributed by atoms with van der Waals surface area (Å²) >= 11 is 0. The average molecular weight is 330 g/mol. The lowest BCUT2D eigenvalue weighted by Gasteiger charge is -2.14. The number of nitrogens with zero attached hydrogens (tertiary/aromatic N) is 1. The number of aliphatic hydroxyl groups is 1. The van der Waals surface area contributed by atoms with Crippen molar-refractivity contribution in [3.05, 3.63) is 11.8 Å². The second-order valence-corrected chi connectivity index (χ2v) is 4.62. The van der Waals surface area contributed by atoms with Gasteiger partial charge in [0, 0.05) is 0 Å². The van der Waals surface area contributed by atoms with E-state index in [2.05, 4.69) is 5.16 Å². The molecule has 130 valence electrons. The van der Waals surface area contributed by atoms with Crippen LogP contribution in [0.25, 0.3) is 0 Å². The van der Waals surface area contributed by atoms with Crippen molar-refractivity contribution in [2.45, 2.75) is 32.3 Å². The van der Waals surface area contributed by atoms with Gasteiger partial charge in [0.25, 0.3) is 0 Å². The number of hydrogen-bond acceptors (Lipinski definition) is 8. The van der Waals surface area contributed by atoms with E-state index in [4.69, 9.17) is 29.9 Å². The normalized spacial score (nSPS) is 16.7. The minimum atomic E-state index is -0.863. The second-order valence-electron chi connectivity index (χ2n) is 4.62. The van der Waals surface area contributed by atoms with Gasteiger partial charge in [0.15, 0.2) is 5.84 Å². The van der Waals surface area contributed by atoms with Crippen LogP contribution in [0.15, 0.2) is 17.0 Å². The molecule has 0 aromatic heterocycles. The number of carbonyl (C=O) groups excluding carboxylic acids is 2. The Morgan fingerprint density at radius 1 is 1.26 bits per heavy atom. The van der Waals surface area contributed by atoms with Crippen molar-refractivity contribution < 1.29 is 33.7 Å². The van der Waals surface area contributed by atoms with Gasteiger partial charge >= 0.3 is 11.9 Å². The molecule has 23 heavy (non-hydrogen) atoms. The monoisotopic (exact) mass is 330 g/mol. The Bertz CT molecular complexity index is 484. The van der Waals surface area contributed by atoms with E-state index in [1.54, 1.807) is 13.8 Å². The second kappa shape index (κ2) is 9.11. The van der Waals surface area contributed by atoms with Crippen LogP contribution in [0.3, 0.4) is 0 Å². The molecule has 1 saturated carbocycles. The summed E-state index contributed by atoms with van der Waals surface area (Å²) in [6, 6.07) is 0. The standard InChI is InChI=1S/C14H22N2O7/c1-3-20-11(18)9-10(12(19)21-4-2)23-16-13(15)14(5-6-14)22-8-7-17/h9,17H,3-8H2,1-2H3,(H2,15,16)/b10-9+. The summed E-state index contributed by atoms with van der Waals surface area (Å²) in [4.78, 5) is 28.1. The molecular weight excluding hydrogens is 308 g/mol. The molecule has 9 heteroatoms. The van der Waals surface area contributed by atoms with Crippen molar-refractivity contribution >= 4 is 17.8 Å². The maximum atomic E-state index is 11.7. The van der Waals surface area contributed by atoms with Gasteiger partial charge in [-0.2, -0.15) is 0 Å². The summed E-state index contributed by atoms with van der Waals surface area (Å²) in [5, 5.41) is 12.4. The number of oxime groups is 1. The molecule has 1 aliphatic rings. The molecule has 1 fully saturated rings. The highest BCUT2D eigenvalue weighted by Crippen LogP contribution is 2.39. The van der Waals surface area contributed by atoms with Crippen LogP contribution < -0.4 is 5.73 Å². The molecule has 0 spiro atoms. The lowest BCUT2D eigenvalue weighted by Crippen LogP contribution is -2.34. The number of ether oxygens (including phenoxy) is 3. The predicted molar refractivity (Wildman–Crippen MR) is 79.1 cm³/mol. The number of hydrogen-bond donors (Lipinski definition) is 2. The number of carbonyl (C=O) groups is 2. The molecule has 0 amide bonds. The first-order valence-corrected chi connectivity index (χ1v) is 7.30. The average Bonchev–Trinajstić information content (AvgIpc) is 3.30. The van der Waals surface area contributed by atoms with Crippen LogP contribution in [0.4, 0.5) is 0 Å². The number of amidine groups is 1. The highest BCUT2D eigenvalue weighted by Gasteiger charge is 2.48. The molecule has 0 aromatic carbocycles. The van der Waals surface area contributed by atoms with E-state index in [-0.39, 0.29) is 32.3 Å². The fourth-order valence-electron chi connectivity index (χ4n) is 1.63.